The van der Waals surface area contributed by atoms with Crippen LogP contribution in [0, 0.1) is 18.3 Å². The Morgan fingerprint density at radius 2 is 2.25 bits per heavy atom. The predicted molar refractivity (Wildman–Crippen MR) is 132 cm³/mol. The molecular weight excluding hydrogens is 508 g/mol. The topological polar surface area (TPSA) is 162 Å². The van der Waals surface area contributed by atoms with Crippen molar-refractivity contribution in [3.05, 3.63) is 33.2 Å². The molecule has 0 bridgehead atoms. The number of H-pyrrole nitrogens is 1. The third kappa shape index (κ3) is 4.92. The van der Waals surface area contributed by atoms with Crippen molar-refractivity contribution >= 4 is 39.9 Å². The number of carbonyl (C=O) groups is 2. The number of anilines is 1. The van der Waals surface area contributed by atoms with Crippen molar-refractivity contribution in [1.29, 1.82) is 5.26 Å². The SMILES string of the molecule is CCCOC1CN(c2nc(-c3ncnn3C)c(C(=O)O)s2)CCC1NC(=O)c1[nH]c(C)c(Cl)c1C#N. The molecular formula is C22H25ClN8O4S. The summed E-state index contributed by atoms with van der Waals surface area (Å²) in [6.45, 7) is 5.08. The number of rotatable bonds is 8. The molecule has 0 aromatic carbocycles. The van der Waals surface area contributed by atoms with Crippen molar-refractivity contribution in [3.8, 4) is 17.6 Å². The van der Waals surface area contributed by atoms with E-state index in [1.54, 1.807) is 14.0 Å². The third-order valence-electron chi connectivity index (χ3n) is 5.87. The highest BCUT2D eigenvalue weighted by molar-refractivity contribution is 7.17. The summed E-state index contributed by atoms with van der Waals surface area (Å²) in [6.07, 6.45) is 2.28. The fourth-order valence-corrected chi connectivity index (χ4v) is 5.18. The number of amides is 1. The lowest BCUT2D eigenvalue weighted by atomic mass is 10.0. The normalized spacial score (nSPS) is 17.7. The van der Waals surface area contributed by atoms with Crippen molar-refractivity contribution < 1.29 is 19.4 Å². The largest absolute Gasteiger partial charge is 0.477 e. The molecule has 0 saturated carbocycles. The van der Waals surface area contributed by atoms with Crippen LogP contribution in [0.25, 0.3) is 11.5 Å². The van der Waals surface area contributed by atoms with Gasteiger partial charge in [-0.25, -0.2) is 19.4 Å². The Morgan fingerprint density at radius 1 is 1.47 bits per heavy atom. The molecule has 190 valence electrons. The zero-order chi connectivity index (χ0) is 26.0. The number of hydrogen-bond donors (Lipinski definition) is 3. The van der Waals surface area contributed by atoms with Gasteiger partial charge in [0.1, 0.15) is 34.2 Å². The Labute approximate surface area is 215 Å². The monoisotopic (exact) mass is 532 g/mol. The second-order valence-corrected chi connectivity index (χ2v) is 9.69. The standard InChI is InChI=1S/C22H25ClN8O4S/c1-4-7-35-14-9-31(22-29-17(18(36-22)21(33)34)19-25-10-26-30(19)3)6-5-13(14)28-20(32)16-12(8-24)15(23)11(2)27-16/h10,13-14,27H,4-7,9H2,1-3H3,(H,28,32)(H,33,34). The van der Waals surface area contributed by atoms with Gasteiger partial charge in [0, 0.05) is 32.4 Å². The summed E-state index contributed by atoms with van der Waals surface area (Å²) in [5.41, 5.74) is 1.03. The number of halogens is 1. The molecule has 0 aliphatic carbocycles. The maximum atomic E-state index is 13.0. The molecule has 4 rings (SSSR count). The minimum absolute atomic E-state index is 0.0746. The number of nitrogens with zero attached hydrogens (tertiary/aromatic N) is 6. The van der Waals surface area contributed by atoms with Crippen molar-refractivity contribution in [2.75, 3.05) is 24.6 Å². The van der Waals surface area contributed by atoms with E-state index in [-0.39, 0.29) is 39.0 Å². The van der Waals surface area contributed by atoms with Gasteiger partial charge in [-0.2, -0.15) is 10.4 Å². The van der Waals surface area contributed by atoms with Gasteiger partial charge in [-0.05, 0) is 19.8 Å². The van der Waals surface area contributed by atoms with E-state index in [1.807, 2.05) is 17.9 Å². The number of aromatic carboxylic acids is 1. The highest BCUT2D eigenvalue weighted by Crippen LogP contribution is 2.34. The number of carbonyl (C=O) groups excluding carboxylic acids is 1. The van der Waals surface area contributed by atoms with Crippen LogP contribution in [0.4, 0.5) is 5.13 Å². The van der Waals surface area contributed by atoms with Crippen LogP contribution >= 0.6 is 22.9 Å². The van der Waals surface area contributed by atoms with Crippen molar-refractivity contribution in [2.45, 2.75) is 38.8 Å². The maximum Gasteiger partial charge on any atom is 0.348 e. The summed E-state index contributed by atoms with van der Waals surface area (Å²) in [7, 11) is 1.67. The molecule has 1 fully saturated rings. The van der Waals surface area contributed by atoms with E-state index in [9.17, 15) is 20.0 Å². The van der Waals surface area contributed by atoms with E-state index in [2.05, 4.69) is 25.4 Å². The van der Waals surface area contributed by atoms with Gasteiger partial charge in [-0.3, -0.25) is 4.79 Å². The number of nitriles is 1. The molecule has 14 heteroatoms. The van der Waals surface area contributed by atoms with Crippen molar-refractivity contribution in [2.24, 2.45) is 7.05 Å². The lowest BCUT2D eigenvalue weighted by molar-refractivity contribution is 0.0205. The first-order valence-electron chi connectivity index (χ1n) is 11.3. The molecule has 4 heterocycles. The highest BCUT2D eigenvalue weighted by atomic mass is 35.5. The number of carboxylic acid groups (broad SMARTS) is 1. The Morgan fingerprint density at radius 3 is 2.89 bits per heavy atom. The van der Waals surface area contributed by atoms with Gasteiger partial charge in [0.25, 0.3) is 5.91 Å². The van der Waals surface area contributed by atoms with Crippen LogP contribution in [0.1, 0.15) is 51.2 Å². The van der Waals surface area contributed by atoms with Crippen LogP contribution < -0.4 is 10.2 Å². The highest BCUT2D eigenvalue weighted by Gasteiger charge is 2.35. The second-order valence-electron chi connectivity index (χ2n) is 8.34. The van der Waals surface area contributed by atoms with Crippen LogP contribution in [0.3, 0.4) is 0 Å². The van der Waals surface area contributed by atoms with E-state index in [1.165, 1.54) is 11.0 Å². The molecule has 36 heavy (non-hydrogen) atoms. The second kappa shape index (κ2) is 10.7. The van der Waals surface area contributed by atoms with Gasteiger partial charge in [0.05, 0.1) is 17.2 Å². The maximum absolute atomic E-state index is 13.0. The van der Waals surface area contributed by atoms with E-state index >= 15 is 0 Å². The molecule has 1 amide bonds. The summed E-state index contributed by atoms with van der Waals surface area (Å²) in [6, 6.07) is 1.65. The van der Waals surface area contributed by atoms with Gasteiger partial charge in [-0.15, -0.1) is 0 Å². The lowest BCUT2D eigenvalue weighted by Crippen LogP contribution is -2.55. The van der Waals surface area contributed by atoms with E-state index in [4.69, 9.17) is 16.3 Å². The molecule has 3 aromatic rings. The Hall–Kier alpha value is -3.47. The molecule has 12 nitrogen and oxygen atoms in total. The van der Waals surface area contributed by atoms with Crippen molar-refractivity contribution in [1.82, 2.24) is 30.0 Å². The molecule has 0 radical (unpaired) electrons. The molecule has 2 unspecified atom stereocenters. The fraction of sp³-hybridized carbons (Fsp3) is 0.455. The Kier molecular flexibility index (Phi) is 7.58. The molecule has 1 saturated heterocycles. The number of hydrogen-bond acceptors (Lipinski definition) is 9. The molecule has 0 spiro atoms. The number of aromatic amines is 1. The van der Waals surface area contributed by atoms with Crippen LogP contribution in [0.15, 0.2) is 6.33 Å². The molecule has 2 atom stereocenters. The summed E-state index contributed by atoms with van der Waals surface area (Å²) in [5, 5.41) is 26.9. The molecule has 1 aliphatic rings. The first kappa shape index (κ1) is 25.6. The zero-order valence-corrected chi connectivity index (χ0v) is 21.5. The lowest BCUT2D eigenvalue weighted by Gasteiger charge is -2.38. The minimum atomic E-state index is -1.09. The third-order valence-corrected chi connectivity index (χ3v) is 7.44. The Bertz CT molecular complexity index is 1330. The predicted octanol–water partition coefficient (Wildman–Crippen LogP) is 2.60. The van der Waals surface area contributed by atoms with Gasteiger partial charge in [0.15, 0.2) is 11.0 Å². The molecule has 3 N–H and O–H groups in total. The first-order valence-corrected chi connectivity index (χ1v) is 12.5. The number of nitrogens with one attached hydrogen (secondary N) is 2. The molecule has 3 aromatic heterocycles. The van der Waals surface area contributed by atoms with Crippen LogP contribution in [-0.2, 0) is 11.8 Å². The van der Waals surface area contributed by atoms with Gasteiger partial charge >= 0.3 is 5.97 Å². The van der Waals surface area contributed by atoms with Gasteiger partial charge < -0.3 is 25.0 Å². The number of ether oxygens (including phenoxy) is 1. The summed E-state index contributed by atoms with van der Waals surface area (Å²) in [4.78, 5) is 38.6. The van der Waals surface area contributed by atoms with Crippen LogP contribution in [0.2, 0.25) is 5.02 Å². The van der Waals surface area contributed by atoms with E-state index in [0.717, 1.165) is 17.8 Å². The summed E-state index contributed by atoms with van der Waals surface area (Å²) >= 11 is 7.21. The average molecular weight is 533 g/mol. The number of aryl methyl sites for hydroxylation is 2. The molecule has 1 aliphatic heterocycles. The smallest absolute Gasteiger partial charge is 0.348 e. The van der Waals surface area contributed by atoms with E-state index < -0.39 is 11.9 Å². The average Bonchev–Trinajstić information content (AvgIpc) is 3.55. The number of thiazole rings is 1. The quantitative estimate of drug-likeness (QED) is 0.395. The van der Waals surface area contributed by atoms with Crippen LogP contribution in [-0.4, -0.2) is 73.6 Å². The Balaban J connectivity index is 1.56. The van der Waals surface area contributed by atoms with Crippen molar-refractivity contribution in [3.63, 3.8) is 0 Å². The number of aromatic nitrogens is 5. The number of carboxylic acids is 1. The minimum Gasteiger partial charge on any atom is -0.477 e. The zero-order valence-electron chi connectivity index (χ0n) is 19.9. The van der Waals surface area contributed by atoms with E-state index in [0.29, 0.717) is 42.8 Å². The van der Waals surface area contributed by atoms with Gasteiger partial charge in [0.2, 0.25) is 0 Å². The van der Waals surface area contributed by atoms with Crippen LogP contribution in [0.5, 0.6) is 0 Å². The van der Waals surface area contributed by atoms with Gasteiger partial charge in [-0.1, -0.05) is 29.9 Å². The summed E-state index contributed by atoms with van der Waals surface area (Å²) < 4.78 is 7.55. The number of piperidine rings is 1. The summed E-state index contributed by atoms with van der Waals surface area (Å²) in [5.74, 6) is -1.16. The fourth-order valence-electron chi connectivity index (χ4n) is 4.06. The first-order chi connectivity index (χ1) is 17.2.